The number of ether oxygens (including phenoxy) is 1. The fourth-order valence-corrected chi connectivity index (χ4v) is 3.05. The van der Waals surface area contributed by atoms with Crippen LogP contribution in [0.25, 0.3) is 0 Å². The minimum Gasteiger partial charge on any atom is -0.435 e. The van der Waals surface area contributed by atoms with E-state index in [2.05, 4.69) is 27.1 Å². The van der Waals surface area contributed by atoms with E-state index in [4.69, 9.17) is 4.52 Å². The van der Waals surface area contributed by atoms with E-state index in [0.717, 1.165) is 28.5 Å². The summed E-state index contributed by atoms with van der Waals surface area (Å²) in [5.74, 6) is 1.93. The number of aryl methyl sites for hydroxylation is 2. The molecule has 2 rings (SSSR count). The minimum atomic E-state index is -2.82. The second-order valence-electron chi connectivity index (χ2n) is 6.45. The fraction of sp³-hybridized carbons (Fsp3) is 0.474. The average Bonchev–Trinajstić information content (AvgIpc) is 2.95. The Labute approximate surface area is 158 Å². The largest absolute Gasteiger partial charge is 0.435 e. The van der Waals surface area contributed by atoms with Crippen molar-refractivity contribution in [2.75, 3.05) is 20.6 Å². The van der Waals surface area contributed by atoms with Crippen molar-refractivity contribution in [3.05, 3.63) is 46.8 Å². The molecular formula is C19H26F2N4O2. The highest BCUT2D eigenvalue weighted by molar-refractivity contribution is 5.79. The number of halogens is 2. The van der Waals surface area contributed by atoms with Gasteiger partial charge in [0.15, 0.2) is 5.96 Å². The molecule has 0 bridgehead atoms. The van der Waals surface area contributed by atoms with Crippen molar-refractivity contribution in [3.63, 3.8) is 0 Å². The number of hydrogen-bond donors (Lipinski definition) is 1. The maximum Gasteiger partial charge on any atom is 0.387 e. The van der Waals surface area contributed by atoms with Gasteiger partial charge in [-0.2, -0.15) is 8.78 Å². The number of benzene rings is 1. The third kappa shape index (κ3) is 5.67. The van der Waals surface area contributed by atoms with Gasteiger partial charge >= 0.3 is 6.61 Å². The molecule has 148 valence electrons. The van der Waals surface area contributed by atoms with E-state index in [1.807, 2.05) is 25.8 Å². The van der Waals surface area contributed by atoms with Crippen molar-refractivity contribution < 1.29 is 18.0 Å². The fourth-order valence-electron chi connectivity index (χ4n) is 3.05. The monoisotopic (exact) mass is 380 g/mol. The Kier molecular flexibility index (Phi) is 7.15. The average molecular weight is 380 g/mol. The van der Waals surface area contributed by atoms with Gasteiger partial charge < -0.3 is 19.5 Å². The third-order valence-corrected chi connectivity index (χ3v) is 4.29. The number of guanidine groups is 1. The van der Waals surface area contributed by atoms with E-state index < -0.39 is 6.61 Å². The summed E-state index contributed by atoms with van der Waals surface area (Å²) in [5.41, 5.74) is 2.97. The second kappa shape index (κ2) is 9.34. The Bertz CT molecular complexity index is 740. The quantitative estimate of drug-likeness (QED) is 0.586. The maximum absolute atomic E-state index is 12.2. The number of nitrogens with zero attached hydrogens (tertiary/aromatic N) is 3. The predicted molar refractivity (Wildman–Crippen MR) is 100 cm³/mol. The zero-order valence-corrected chi connectivity index (χ0v) is 16.3. The first-order chi connectivity index (χ1) is 12.8. The van der Waals surface area contributed by atoms with Crippen LogP contribution in [-0.2, 0) is 6.54 Å². The van der Waals surface area contributed by atoms with Gasteiger partial charge in [-0.15, -0.1) is 0 Å². The first-order valence-corrected chi connectivity index (χ1v) is 8.70. The third-order valence-electron chi connectivity index (χ3n) is 4.29. The van der Waals surface area contributed by atoms with E-state index in [-0.39, 0.29) is 11.7 Å². The molecule has 8 heteroatoms. The summed E-state index contributed by atoms with van der Waals surface area (Å²) in [6.07, 6.45) is 0. The molecule has 0 saturated carbocycles. The van der Waals surface area contributed by atoms with Crippen molar-refractivity contribution >= 4 is 5.96 Å². The van der Waals surface area contributed by atoms with Gasteiger partial charge in [0.05, 0.1) is 5.69 Å². The highest BCUT2D eigenvalue weighted by Gasteiger charge is 2.17. The lowest BCUT2D eigenvalue weighted by atomic mass is 10.00. The molecule has 1 atom stereocenters. The van der Waals surface area contributed by atoms with E-state index in [1.54, 1.807) is 19.2 Å². The summed E-state index contributed by atoms with van der Waals surface area (Å²) >= 11 is 0. The molecule has 0 aliphatic carbocycles. The van der Waals surface area contributed by atoms with Crippen LogP contribution < -0.4 is 10.1 Å². The molecular weight excluding hydrogens is 354 g/mol. The molecule has 2 aromatic rings. The smallest absolute Gasteiger partial charge is 0.387 e. The number of rotatable bonds is 7. The SMILES string of the molecule is CN=C(NCC(C)c1c(C)noc1C)N(C)Cc1ccc(OC(F)F)cc1. The van der Waals surface area contributed by atoms with Gasteiger partial charge in [-0.25, -0.2) is 0 Å². The van der Waals surface area contributed by atoms with Crippen LogP contribution in [0.1, 0.15) is 35.4 Å². The van der Waals surface area contributed by atoms with Crippen molar-refractivity contribution in [1.82, 2.24) is 15.4 Å². The molecule has 6 nitrogen and oxygen atoms in total. The molecule has 1 N–H and O–H groups in total. The van der Waals surface area contributed by atoms with Crippen LogP contribution in [0.2, 0.25) is 0 Å². The molecule has 0 aliphatic rings. The number of nitrogens with one attached hydrogen (secondary N) is 1. The molecule has 0 amide bonds. The summed E-state index contributed by atoms with van der Waals surface area (Å²) in [7, 11) is 3.64. The van der Waals surface area contributed by atoms with Crippen molar-refractivity contribution in [1.29, 1.82) is 0 Å². The van der Waals surface area contributed by atoms with Crippen LogP contribution in [0, 0.1) is 13.8 Å². The number of alkyl halides is 2. The van der Waals surface area contributed by atoms with Crippen molar-refractivity contribution in [3.8, 4) is 5.75 Å². The lowest BCUT2D eigenvalue weighted by Crippen LogP contribution is -2.40. The molecule has 0 aliphatic heterocycles. The van der Waals surface area contributed by atoms with E-state index >= 15 is 0 Å². The zero-order chi connectivity index (χ0) is 20.0. The van der Waals surface area contributed by atoms with Crippen molar-refractivity contribution in [2.45, 2.75) is 39.8 Å². The van der Waals surface area contributed by atoms with Gasteiger partial charge in [-0.1, -0.05) is 24.2 Å². The standard InChI is InChI=1S/C19H26F2N4O2/c1-12(17-13(2)24-27-14(17)3)10-23-19(22-4)25(5)11-15-6-8-16(9-7-15)26-18(20)21/h6-9,12,18H,10-11H2,1-5H3,(H,22,23). The Morgan fingerprint density at radius 2 is 1.96 bits per heavy atom. The minimum absolute atomic E-state index is 0.146. The second-order valence-corrected chi connectivity index (χ2v) is 6.45. The first-order valence-electron chi connectivity index (χ1n) is 8.70. The topological polar surface area (TPSA) is 62.9 Å². The summed E-state index contributed by atoms with van der Waals surface area (Å²) in [6.45, 7) is 4.39. The van der Waals surface area contributed by atoms with Gasteiger partial charge in [0.1, 0.15) is 11.5 Å². The summed E-state index contributed by atoms with van der Waals surface area (Å²) < 4.78 is 34.0. The zero-order valence-electron chi connectivity index (χ0n) is 16.3. The molecule has 1 heterocycles. The van der Waals surface area contributed by atoms with Crippen LogP contribution in [0.3, 0.4) is 0 Å². The van der Waals surface area contributed by atoms with Crippen LogP contribution in [-0.4, -0.2) is 43.3 Å². The lowest BCUT2D eigenvalue weighted by Gasteiger charge is -2.24. The normalized spacial score (nSPS) is 13.0. The maximum atomic E-state index is 12.2. The van der Waals surface area contributed by atoms with Crippen LogP contribution in [0.5, 0.6) is 5.75 Å². The molecule has 1 aromatic heterocycles. The van der Waals surface area contributed by atoms with Crippen LogP contribution >= 0.6 is 0 Å². The lowest BCUT2D eigenvalue weighted by molar-refractivity contribution is -0.0498. The molecule has 0 fully saturated rings. The molecule has 0 saturated heterocycles. The molecule has 0 radical (unpaired) electrons. The van der Waals surface area contributed by atoms with Gasteiger partial charge in [0.25, 0.3) is 0 Å². The molecule has 0 spiro atoms. The Hall–Kier alpha value is -2.64. The van der Waals surface area contributed by atoms with Crippen LogP contribution in [0.15, 0.2) is 33.8 Å². The van der Waals surface area contributed by atoms with Gasteiger partial charge in [0.2, 0.25) is 0 Å². The Balaban J connectivity index is 1.93. The van der Waals surface area contributed by atoms with E-state index in [0.29, 0.717) is 13.1 Å². The van der Waals surface area contributed by atoms with Crippen molar-refractivity contribution in [2.24, 2.45) is 4.99 Å². The van der Waals surface area contributed by atoms with E-state index in [1.165, 1.54) is 12.1 Å². The summed E-state index contributed by atoms with van der Waals surface area (Å²) in [6, 6.07) is 6.58. The Morgan fingerprint density at radius 1 is 1.30 bits per heavy atom. The van der Waals surface area contributed by atoms with E-state index in [9.17, 15) is 8.78 Å². The van der Waals surface area contributed by atoms with Gasteiger partial charge in [-0.05, 0) is 31.5 Å². The highest BCUT2D eigenvalue weighted by Crippen LogP contribution is 2.22. The van der Waals surface area contributed by atoms with Gasteiger partial charge in [-0.3, -0.25) is 4.99 Å². The summed E-state index contributed by atoms with van der Waals surface area (Å²) in [4.78, 5) is 6.27. The van der Waals surface area contributed by atoms with Crippen LogP contribution in [0.4, 0.5) is 8.78 Å². The number of aliphatic imine (C=N–C) groups is 1. The predicted octanol–water partition coefficient (Wildman–Crippen LogP) is 3.70. The number of hydrogen-bond acceptors (Lipinski definition) is 4. The molecule has 1 aromatic carbocycles. The Morgan fingerprint density at radius 3 is 2.48 bits per heavy atom. The van der Waals surface area contributed by atoms with Gasteiger partial charge in [0, 0.05) is 38.7 Å². The molecule has 1 unspecified atom stereocenters. The molecule has 27 heavy (non-hydrogen) atoms. The first kappa shape index (κ1) is 20.7. The number of aromatic nitrogens is 1. The highest BCUT2D eigenvalue weighted by atomic mass is 19.3. The summed E-state index contributed by atoms with van der Waals surface area (Å²) in [5, 5.41) is 7.35.